The second-order valence-corrected chi connectivity index (χ2v) is 8.00. The van der Waals surface area contributed by atoms with Gasteiger partial charge in [0, 0.05) is 12.1 Å². The summed E-state index contributed by atoms with van der Waals surface area (Å²) in [6, 6.07) is 1.52. The van der Waals surface area contributed by atoms with Gasteiger partial charge >= 0.3 is 5.97 Å². The van der Waals surface area contributed by atoms with Crippen LogP contribution in [0.4, 0.5) is 0 Å². The lowest BCUT2D eigenvalue weighted by Crippen LogP contribution is -2.40. The van der Waals surface area contributed by atoms with Crippen molar-refractivity contribution in [1.82, 2.24) is 5.32 Å². The summed E-state index contributed by atoms with van der Waals surface area (Å²) < 4.78 is 22.7. The smallest absolute Gasteiger partial charge is 0.328 e. The van der Waals surface area contributed by atoms with Gasteiger partial charge in [0.2, 0.25) is 0 Å². The van der Waals surface area contributed by atoms with Crippen LogP contribution in [0.3, 0.4) is 0 Å². The topological polar surface area (TPSA) is 101 Å². The third kappa shape index (κ3) is 4.40. The summed E-state index contributed by atoms with van der Waals surface area (Å²) in [7, 11) is -2.96. The van der Waals surface area contributed by atoms with Crippen molar-refractivity contribution in [2.75, 3.05) is 11.5 Å². The molecule has 0 unspecified atom stereocenters. The van der Waals surface area contributed by atoms with Gasteiger partial charge in [-0.1, -0.05) is 0 Å². The van der Waals surface area contributed by atoms with Gasteiger partial charge in [-0.25, -0.2) is 13.2 Å². The molecule has 1 aliphatic rings. The van der Waals surface area contributed by atoms with Gasteiger partial charge in [0.05, 0.1) is 16.4 Å². The highest BCUT2D eigenvalue weighted by molar-refractivity contribution is 7.91. The normalized spacial score (nSPS) is 18.7. The Balaban J connectivity index is 2.01. The van der Waals surface area contributed by atoms with Crippen molar-refractivity contribution >= 4 is 39.1 Å². The van der Waals surface area contributed by atoms with Crippen molar-refractivity contribution < 1.29 is 23.1 Å². The number of sulfone groups is 1. The fourth-order valence-corrected chi connectivity index (χ4v) is 4.36. The van der Waals surface area contributed by atoms with Crippen LogP contribution in [0.2, 0.25) is 0 Å². The first-order valence-electron chi connectivity index (χ1n) is 6.37. The standard InChI is InChI=1S/C13H15NO5S2/c15-11(16)2-1-9-3-6-20-12(9)13(17)14-10-4-7-21(18,19)8-5-10/h1-3,6,10H,4-5,7-8H2,(H,14,17)(H,15,16). The Labute approximate surface area is 126 Å². The molecule has 0 aliphatic carbocycles. The maximum Gasteiger partial charge on any atom is 0.328 e. The van der Waals surface area contributed by atoms with Gasteiger partial charge in [-0.05, 0) is 35.9 Å². The number of amides is 1. The molecular formula is C13H15NO5S2. The molecule has 1 aromatic heterocycles. The van der Waals surface area contributed by atoms with Crippen LogP contribution in [0.25, 0.3) is 6.08 Å². The molecule has 1 fully saturated rings. The minimum absolute atomic E-state index is 0.0914. The van der Waals surface area contributed by atoms with E-state index in [4.69, 9.17) is 5.11 Å². The Kier molecular flexibility index (Phi) is 4.79. The molecule has 0 saturated carbocycles. The minimum atomic E-state index is -2.96. The SMILES string of the molecule is O=C(O)C=Cc1ccsc1C(=O)NC1CCS(=O)(=O)CC1. The van der Waals surface area contributed by atoms with Gasteiger partial charge in [-0.2, -0.15) is 0 Å². The Morgan fingerprint density at radius 3 is 2.62 bits per heavy atom. The second kappa shape index (κ2) is 6.40. The van der Waals surface area contributed by atoms with E-state index in [1.807, 2.05) is 0 Å². The number of nitrogens with one attached hydrogen (secondary N) is 1. The van der Waals surface area contributed by atoms with Crippen LogP contribution in [-0.2, 0) is 14.6 Å². The van der Waals surface area contributed by atoms with Gasteiger partial charge in [-0.3, -0.25) is 4.79 Å². The number of thiophene rings is 1. The summed E-state index contributed by atoms with van der Waals surface area (Å²) in [5.74, 6) is -1.19. The summed E-state index contributed by atoms with van der Waals surface area (Å²) in [6.45, 7) is 0. The van der Waals surface area contributed by atoms with Crippen molar-refractivity contribution in [2.24, 2.45) is 0 Å². The lowest BCUT2D eigenvalue weighted by Gasteiger charge is -2.22. The molecule has 2 rings (SSSR count). The molecule has 1 aliphatic heterocycles. The zero-order valence-electron chi connectivity index (χ0n) is 11.1. The zero-order valence-corrected chi connectivity index (χ0v) is 12.7. The lowest BCUT2D eigenvalue weighted by atomic mass is 10.1. The number of aliphatic carboxylic acids is 1. The van der Waals surface area contributed by atoms with E-state index in [0.717, 1.165) is 6.08 Å². The van der Waals surface area contributed by atoms with Gasteiger partial charge < -0.3 is 10.4 Å². The predicted octanol–water partition coefficient (Wildman–Crippen LogP) is 1.15. The Hall–Kier alpha value is -1.67. The summed E-state index contributed by atoms with van der Waals surface area (Å²) >= 11 is 1.22. The van der Waals surface area contributed by atoms with Gasteiger partial charge in [-0.15, -0.1) is 11.3 Å². The molecule has 0 aromatic carbocycles. The highest BCUT2D eigenvalue weighted by atomic mass is 32.2. The Morgan fingerprint density at radius 2 is 2.00 bits per heavy atom. The number of carboxylic acid groups (broad SMARTS) is 1. The van der Waals surface area contributed by atoms with E-state index in [-0.39, 0.29) is 23.5 Å². The van der Waals surface area contributed by atoms with Crippen LogP contribution in [0.5, 0.6) is 0 Å². The van der Waals surface area contributed by atoms with Crippen molar-refractivity contribution in [3.8, 4) is 0 Å². The summed E-state index contributed by atoms with van der Waals surface area (Å²) in [4.78, 5) is 23.1. The second-order valence-electron chi connectivity index (χ2n) is 4.78. The number of hydrogen-bond acceptors (Lipinski definition) is 5. The van der Waals surface area contributed by atoms with Crippen molar-refractivity contribution in [1.29, 1.82) is 0 Å². The quantitative estimate of drug-likeness (QED) is 0.807. The first kappa shape index (κ1) is 15.7. The average Bonchev–Trinajstić information content (AvgIpc) is 2.87. The monoisotopic (exact) mass is 329 g/mol. The van der Waals surface area contributed by atoms with Crippen molar-refractivity contribution in [2.45, 2.75) is 18.9 Å². The molecule has 0 radical (unpaired) electrons. The molecule has 8 heteroatoms. The van der Waals surface area contributed by atoms with E-state index in [1.54, 1.807) is 11.4 Å². The first-order valence-corrected chi connectivity index (χ1v) is 9.07. The summed E-state index contributed by atoms with van der Waals surface area (Å²) in [5, 5.41) is 13.1. The number of carboxylic acids is 1. The minimum Gasteiger partial charge on any atom is -0.478 e. The number of rotatable bonds is 4. The van der Waals surface area contributed by atoms with Crippen LogP contribution in [-0.4, -0.2) is 42.9 Å². The van der Waals surface area contributed by atoms with Gasteiger partial charge in [0.1, 0.15) is 9.84 Å². The summed E-state index contributed by atoms with van der Waals surface area (Å²) in [5.41, 5.74) is 0.545. The Bertz CT molecular complexity index is 660. The molecule has 1 amide bonds. The van der Waals surface area contributed by atoms with E-state index in [9.17, 15) is 18.0 Å². The first-order chi connectivity index (χ1) is 9.87. The van der Waals surface area contributed by atoms with Crippen molar-refractivity contribution in [3.05, 3.63) is 28.0 Å². The molecule has 0 atom stereocenters. The number of carbonyl (C=O) groups excluding carboxylic acids is 1. The average molecular weight is 329 g/mol. The molecule has 1 aromatic rings. The summed E-state index contributed by atoms with van der Waals surface area (Å²) in [6.07, 6.45) is 3.19. The maximum atomic E-state index is 12.2. The highest BCUT2D eigenvalue weighted by Crippen LogP contribution is 2.20. The van der Waals surface area contributed by atoms with Crippen LogP contribution in [0, 0.1) is 0 Å². The molecule has 21 heavy (non-hydrogen) atoms. The number of hydrogen-bond donors (Lipinski definition) is 2. The van der Waals surface area contributed by atoms with Crippen LogP contribution >= 0.6 is 11.3 Å². The van der Waals surface area contributed by atoms with E-state index >= 15 is 0 Å². The van der Waals surface area contributed by atoms with E-state index in [0.29, 0.717) is 23.3 Å². The zero-order chi connectivity index (χ0) is 15.5. The predicted molar refractivity (Wildman–Crippen MR) is 80.1 cm³/mol. The fourth-order valence-electron chi connectivity index (χ4n) is 2.08. The van der Waals surface area contributed by atoms with E-state index < -0.39 is 15.8 Å². The molecule has 6 nitrogen and oxygen atoms in total. The van der Waals surface area contributed by atoms with Crippen LogP contribution in [0.15, 0.2) is 17.5 Å². The molecule has 0 bridgehead atoms. The maximum absolute atomic E-state index is 12.2. The third-order valence-electron chi connectivity index (χ3n) is 3.20. The largest absolute Gasteiger partial charge is 0.478 e. The van der Waals surface area contributed by atoms with Crippen molar-refractivity contribution in [3.63, 3.8) is 0 Å². The van der Waals surface area contributed by atoms with Crippen LogP contribution < -0.4 is 5.32 Å². The number of carbonyl (C=O) groups is 2. The Morgan fingerprint density at radius 1 is 1.33 bits per heavy atom. The molecule has 1 saturated heterocycles. The fraction of sp³-hybridized carbons (Fsp3) is 0.385. The molecule has 0 spiro atoms. The van der Waals surface area contributed by atoms with E-state index in [1.165, 1.54) is 17.4 Å². The van der Waals surface area contributed by atoms with Gasteiger partial charge in [0.15, 0.2) is 0 Å². The molecular weight excluding hydrogens is 314 g/mol. The van der Waals surface area contributed by atoms with E-state index in [2.05, 4.69) is 5.32 Å². The third-order valence-corrected chi connectivity index (χ3v) is 5.84. The molecule has 2 heterocycles. The highest BCUT2D eigenvalue weighted by Gasteiger charge is 2.25. The molecule has 2 N–H and O–H groups in total. The lowest BCUT2D eigenvalue weighted by molar-refractivity contribution is -0.131. The molecule has 114 valence electrons. The van der Waals surface area contributed by atoms with Gasteiger partial charge in [0.25, 0.3) is 5.91 Å². The van der Waals surface area contributed by atoms with Crippen LogP contribution in [0.1, 0.15) is 28.1 Å².